The fourth-order valence-corrected chi connectivity index (χ4v) is 2.50. The molecule has 1 unspecified atom stereocenters. The van der Waals surface area contributed by atoms with E-state index in [0.29, 0.717) is 11.0 Å². The molecule has 4 heteroatoms. The van der Waals surface area contributed by atoms with Crippen molar-refractivity contribution in [1.82, 2.24) is 10.3 Å². The molecule has 0 aliphatic heterocycles. The number of benzene rings is 1. The summed E-state index contributed by atoms with van der Waals surface area (Å²) in [5, 5.41) is 3.43. The Labute approximate surface area is 127 Å². The van der Waals surface area contributed by atoms with E-state index < -0.39 is 0 Å². The van der Waals surface area contributed by atoms with Gasteiger partial charge >= 0.3 is 0 Å². The highest BCUT2D eigenvalue weighted by molar-refractivity contribution is 9.10. The average molecular weight is 337 g/mol. The van der Waals surface area contributed by atoms with Gasteiger partial charge in [0, 0.05) is 18.8 Å². The number of rotatable bonds is 5. The van der Waals surface area contributed by atoms with E-state index >= 15 is 0 Å². The second kappa shape index (κ2) is 6.95. The third kappa shape index (κ3) is 3.64. The molecule has 1 atom stereocenters. The molecule has 0 aliphatic rings. The summed E-state index contributed by atoms with van der Waals surface area (Å²) < 4.78 is 13.7. The molecule has 0 spiro atoms. The Morgan fingerprint density at radius 1 is 1.35 bits per heavy atom. The van der Waals surface area contributed by atoms with Gasteiger partial charge in [0.2, 0.25) is 0 Å². The van der Waals surface area contributed by atoms with E-state index in [0.717, 1.165) is 17.7 Å². The van der Waals surface area contributed by atoms with Crippen LogP contribution in [0.5, 0.6) is 0 Å². The summed E-state index contributed by atoms with van der Waals surface area (Å²) in [7, 11) is 0. The first-order valence-electron chi connectivity index (χ1n) is 6.73. The van der Waals surface area contributed by atoms with Gasteiger partial charge in [0.1, 0.15) is 5.82 Å². The molecule has 1 N–H and O–H groups in total. The first-order valence-corrected chi connectivity index (χ1v) is 7.52. The smallest absolute Gasteiger partial charge is 0.137 e. The van der Waals surface area contributed by atoms with E-state index in [9.17, 15) is 4.39 Å². The first kappa shape index (κ1) is 15.1. The summed E-state index contributed by atoms with van der Waals surface area (Å²) in [4.78, 5) is 4.42. The van der Waals surface area contributed by atoms with Crippen molar-refractivity contribution < 1.29 is 4.39 Å². The zero-order chi connectivity index (χ0) is 14.5. The summed E-state index contributed by atoms with van der Waals surface area (Å²) in [5.41, 5.74) is 3.38. The fourth-order valence-electron chi connectivity index (χ4n) is 2.10. The van der Waals surface area contributed by atoms with E-state index in [1.54, 1.807) is 6.07 Å². The van der Waals surface area contributed by atoms with Crippen molar-refractivity contribution in [2.75, 3.05) is 0 Å². The van der Waals surface area contributed by atoms with Crippen LogP contribution in [0.1, 0.15) is 36.7 Å². The number of hydrogen-bond donors (Lipinski definition) is 1. The molecule has 0 fully saturated rings. The number of pyridine rings is 1. The summed E-state index contributed by atoms with van der Waals surface area (Å²) >= 11 is 3.22. The number of aryl methyl sites for hydroxylation is 1. The minimum atomic E-state index is -0.237. The van der Waals surface area contributed by atoms with Crippen molar-refractivity contribution in [3.63, 3.8) is 0 Å². The Kier molecular flexibility index (Phi) is 5.26. The van der Waals surface area contributed by atoms with Crippen LogP contribution >= 0.6 is 15.9 Å². The van der Waals surface area contributed by atoms with E-state index in [4.69, 9.17) is 0 Å². The van der Waals surface area contributed by atoms with Crippen LogP contribution in [0.3, 0.4) is 0 Å². The zero-order valence-electron chi connectivity index (χ0n) is 11.7. The molecular weight excluding hydrogens is 319 g/mol. The second-order valence-electron chi connectivity index (χ2n) is 4.74. The zero-order valence-corrected chi connectivity index (χ0v) is 13.2. The standard InChI is InChI=1S/C16H18BrFN2/c1-3-12-5-4-8-19-16(12)10-20-11(2)13-6-7-15(18)14(17)9-13/h4-9,11,20H,3,10H2,1-2H3. The summed E-state index contributed by atoms with van der Waals surface area (Å²) in [6, 6.07) is 9.30. The molecule has 20 heavy (non-hydrogen) atoms. The minimum Gasteiger partial charge on any atom is -0.305 e. The number of halogens is 2. The van der Waals surface area contributed by atoms with Crippen LogP contribution in [0.15, 0.2) is 41.0 Å². The van der Waals surface area contributed by atoms with E-state index in [-0.39, 0.29) is 11.9 Å². The molecule has 0 saturated heterocycles. The summed E-state index contributed by atoms with van der Waals surface area (Å²) in [6.07, 6.45) is 2.79. The van der Waals surface area contributed by atoms with Gasteiger partial charge in [-0.2, -0.15) is 0 Å². The van der Waals surface area contributed by atoms with Gasteiger partial charge < -0.3 is 5.32 Å². The lowest BCUT2D eigenvalue weighted by Crippen LogP contribution is -2.19. The molecule has 1 aromatic carbocycles. The van der Waals surface area contributed by atoms with Crippen LogP contribution in [0.2, 0.25) is 0 Å². The van der Waals surface area contributed by atoms with Gasteiger partial charge in [-0.05, 0) is 58.6 Å². The fraction of sp³-hybridized carbons (Fsp3) is 0.312. The third-order valence-electron chi connectivity index (χ3n) is 3.38. The molecule has 0 saturated carbocycles. The topological polar surface area (TPSA) is 24.9 Å². The maximum atomic E-state index is 13.2. The number of nitrogens with zero attached hydrogens (tertiary/aromatic N) is 1. The van der Waals surface area contributed by atoms with Crippen LogP contribution in [-0.4, -0.2) is 4.98 Å². The van der Waals surface area contributed by atoms with Crippen molar-refractivity contribution in [3.05, 3.63) is 63.6 Å². The van der Waals surface area contributed by atoms with Gasteiger partial charge in [-0.25, -0.2) is 4.39 Å². The van der Waals surface area contributed by atoms with E-state index in [1.165, 1.54) is 11.6 Å². The maximum Gasteiger partial charge on any atom is 0.137 e. The van der Waals surface area contributed by atoms with E-state index in [2.05, 4.69) is 46.1 Å². The van der Waals surface area contributed by atoms with Gasteiger partial charge in [-0.3, -0.25) is 4.98 Å². The monoisotopic (exact) mass is 336 g/mol. The Morgan fingerprint density at radius 3 is 2.85 bits per heavy atom. The molecule has 2 rings (SSSR count). The first-order chi connectivity index (χ1) is 9.61. The van der Waals surface area contributed by atoms with E-state index in [1.807, 2.05) is 18.3 Å². The average Bonchev–Trinajstić information content (AvgIpc) is 2.47. The normalized spacial score (nSPS) is 12.4. The number of nitrogens with one attached hydrogen (secondary N) is 1. The Hall–Kier alpha value is -1.26. The number of aromatic nitrogens is 1. The lowest BCUT2D eigenvalue weighted by Gasteiger charge is -2.15. The van der Waals surface area contributed by atoms with Crippen LogP contribution in [0, 0.1) is 5.82 Å². The molecule has 1 heterocycles. The molecule has 0 amide bonds. The second-order valence-corrected chi connectivity index (χ2v) is 5.59. The Morgan fingerprint density at radius 2 is 2.15 bits per heavy atom. The van der Waals surface area contributed by atoms with Crippen LogP contribution in [-0.2, 0) is 13.0 Å². The maximum absolute atomic E-state index is 13.2. The summed E-state index contributed by atoms with van der Waals surface area (Å²) in [6.45, 7) is 4.90. The van der Waals surface area contributed by atoms with Gasteiger partial charge in [0.05, 0.1) is 10.2 Å². The quantitative estimate of drug-likeness (QED) is 0.875. The molecule has 0 aliphatic carbocycles. The van der Waals surface area contributed by atoms with Crippen molar-refractivity contribution >= 4 is 15.9 Å². The van der Waals surface area contributed by atoms with Crippen molar-refractivity contribution in [1.29, 1.82) is 0 Å². The molecule has 2 nitrogen and oxygen atoms in total. The SMILES string of the molecule is CCc1cccnc1CNC(C)c1ccc(F)c(Br)c1. The van der Waals surface area contributed by atoms with Crippen molar-refractivity contribution in [3.8, 4) is 0 Å². The molecule has 1 aromatic heterocycles. The summed E-state index contributed by atoms with van der Waals surface area (Å²) in [5.74, 6) is -0.237. The third-order valence-corrected chi connectivity index (χ3v) is 3.99. The van der Waals surface area contributed by atoms with Crippen LogP contribution in [0.25, 0.3) is 0 Å². The van der Waals surface area contributed by atoms with Gasteiger partial charge in [-0.15, -0.1) is 0 Å². The molecule has 0 radical (unpaired) electrons. The van der Waals surface area contributed by atoms with Gasteiger partial charge in [0.15, 0.2) is 0 Å². The van der Waals surface area contributed by atoms with Gasteiger partial charge in [-0.1, -0.05) is 19.1 Å². The number of hydrogen-bond acceptors (Lipinski definition) is 2. The molecule has 0 bridgehead atoms. The largest absolute Gasteiger partial charge is 0.305 e. The predicted octanol–water partition coefficient (Wildman–Crippen LogP) is 4.40. The molecule has 2 aromatic rings. The van der Waals surface area contributed by atoms with Gasteiger partial charge in [0.25, 0.3) is 0 Å². The van der Waals surface area contributed by atoms with Crippen molar-refractivity contribution in [2.24, 2.45) is 0 Å². The minimum absolute atomic E-state index is 0.138. The predicted molar refractivity (Wildman–Crippen MR) is 83.0 cm³/mol. The highest BCUT2D eigenvalue weighted by Crippen LogP contribution is 2.21. The lowest BCUT2D eigenvalue weighted by molar-refractivity contribution is 0.561. The molecular formula is C16H18BrFN2. The van der Waals surface area contributed by atoms with Crippen molar-refractivity contribution in [2.45, 2.75) is 32.9 Å². The lowest BCUT2D eigenvalue weighted by atomic mass is 10.1. The Bertz CT molecular complexity index is 586. The van der Waals surface area contributed by atoms with Crippen LogP contribution in [0.4, 0.5) is 4.39 Å². The van der Waals surface area contributed by atoms with Crippen LogP contribution < -0.4 is 5.32 Å². The highest BCUT2D eigenvalue weighted by Gasteiger charge is 2.09. The Balaban J connectivity index is 2.04. The molecule has 106 valence electrons. The highest BCUT2D eigenvalue weighted by atomic mass is 79.9.